The van der Waals surface area contributed by atoms with Crippen LogP contribution in [-0.4, -0.2) is 19.5 Å². The van der Waals surface area contributed by atoms with Gasteiger partial charge < -0.3 is 9.47 Å². The Bertz CT molecular complexity index is 427. The number of carbonyl (C=O) groups is 1. The molecular weight excluding hydrogens is 228 g/mol. The number of aldehydes is 1. The molecule has 0 radical (unpaired) electrons. The molecule has 0 saturated heterocycles. The maximum absolute atomic E-state index is 10.2. The summed E-state index contributed by atoms with van der Waals surface area (Å²) in [5.41, 5.74) is 0.821. The van der Waals surface area contributed by atoms with Gasteiger partial charge in [-0.1, -0.05) is 17.7 Å². The topological polar surface area (TPSA) is 35.5 Å². The predicted molar refractivity (Wildman–Crippen MR) is 62.2 cm³/mol. The van der Waals surface area contributed by atoms with Crippen molar-refractivity contribution in [1.82, 2.24) is 0 Å². The Morgan fingerprint density at radius 3 is 2.88 bits per heavy atom. The molecule has 0 aromatic heterocycles. The van der Waals surface area contributed by atoms with Crippen LogP contribution in [-0.2, 0) is 4.79 Å². The van der Waals surface area contributed by atoms with Crippen LogP contribution < -0.4 is 9.47 Å². The summed E-state index contributed by atoms with van der Waals surface area (Å²) in [6, 6.07) is 3.56. The molecule has 1 aromatic carbocycles. The molecule has 4 heteroatoms. The lowest BCUT2D eigenvalue weighted by atomic mass is 10.2. The number of rotatable bonds is 2. The second-order valence-electron chi connectivity index (χ2n) is 3.38. The first-order valence-electron chi connectivity index (χ1n) is 5.02. The highest BCUT2D eigenvalue weighted by molar-refractivity contribution is 6.32. The highest BCUT2D eigenvalue weighted by Crippen LogP contribution is 2.38. The van der Waals surface area contributed by atoms with Crippen LogP contribution in [0.5, 0.6) is 11.5 Å². The van der Waals surface area contributed by atoms with E-state index in [4.69, 9.17) is 21.1 Å². The monoisotopic (exact) mass is 238 g/mol. The Balaban J connectivity index is 2.39. The fraction of sp³-hybridized carbons (Fsp3) is 0.250. The highest BCUT2D eigenvalue weighted by atomic mass is 35.5. The number of carbonyl (C=O) groups excluding carboxylic acids is 1. The lowest BCUT2D eigenvalue weighted by molar-refractivity contribution is -0.104. The van der Waals surface area contributed by atoms with E-state index < -0.39 is 0 Å². The smallest absolute Gasteiger partial charge is 0.179 e. The lowest BCUT2D eigenvalue weighted by Crippen LogP contribution is -1.97. The molecule has 3 nitrogen and oxygen atoms in total. The van der Waals surface area contributed by atoms with Crippen LogP contribution in [0.2, 0.25) is 5.02 Å². The van der Waals surface area contributed by atoms with Gasteiger partial charge in [0, 0.05) is 6.42 Å². The minimum atomic E-state index is 0.505. The molecule has 0 aliphatic carbocycles. The van der Waals surface area contributed by atoms with Gasteiger partial charge in [-0.2, -0.15) is 0 Å². The van der Waals surface area contributed by atoms with E-state index in [1.54, 1.807) is 12.1 Å². The van der Waals surface area contributed by atoms with E-state index in [2.05, 4.69) is 0 Å². The first-order chi connectivity index (χ1) is 7.81. The van der Waals surface area contributed by atoms with Crippen LogP contribution in [0, 0.1) is 0 Å². The molecule has 1 aliphatic rings. The average Bonchev–Trinajstić information content (AvgIpc) is 2.51. The van der Waals surface area contributed by atoms with E-state index in [9.17, 15) is 4.79 Å². The molecule has 0 atom stereocenters. The molecular formula is C12H11ClO3. The maximum atomic E-state index is 10.2. The largest absolute Gasteiger partial charge is 0.489 e. The Morgan fingerprint density at radius 1 is 1.25 bits per heavy atom. The number of fused-ring (bicyclic) bond motifs is 1. The number of ether oxygens (including phenoxy) is 2. The summed E-state index contributed by atoms with van der Waals surface area (Å²) in [6.07, 6.45) is 4.64. The van der Waals surface area contributed by atoms with Gasteiger partial charge in [0.15, 0.2) is 11.5 Å². The summed E-state index contributed by atoms with van der Waals surface area (Å²) in [4.78, 5) is 10.2. The van der Waals surface area contributed by atoms with E-state index in [-0.39, 0.29) is 0 Å². The van der Waals surface area contributed by atoms with Crippen molar-refractivity contribution < 1.29 is 14.3 Å². The van der Waals surface area contributed by atoms with E-state index in [0.717, 1.165) is 18.3 Å². The fourth-order valence-electron chi connectivity index (χ4n) is 1.50. The molecule has 2 rings (SSSR count). The second-order valence-corrected chi connectivity index (χ2v) is 3.78. The SMILES string of the molecule is O=C/C=C/c1cc(Cl)c2c(c1)OCCCO2. The zero-order valence-electron chi connectivity index (χ0n) is 8.61. The number of allylic oxidation sites excluding steroid dienone is 1. The van der Waals surface area contributed by atoms with Crippen LogP contribution in [0.1, 0.15) is 12.0 Å². The normalized spacial score (nSPS) is 14.8. The van der Waals surface area contributed by atoms with Crippen LogP contribution in [0.4, 0.5) is 0 Å². The number of halogens is 1. The number of hydrogen-bond donors (Lipinski definition) is 0. The minimum absolute atomic E-state index is 0.505. The van der Waals surface area contributed by atoms with Crippen molar-refractivity contribution in [2.45, 2.75) is 6.42 Å². The van der Waals surface area contributed by atoms with E-state index in [1.165, 1.54) is 6.08 Å². The average molecular weight is 239 g/mol. The molecule has 84 valence electrons. The standard InChI is InChI=1S/C12H11ClO3/c13-10-7-9(3-1-4-14)8-11-12(10)16-6-2-5-15-11/h1,3-4,7-8H,2,5-6H2/b3-1+. The molecule has 0 unspecified atom stereocenters. The van der Waals surface area contributed by atoms with Gasteiger partial charge in [-0.3, -0.25) is 4.79 Å². The Kier molecular flexibility index (Phi) is 3.47. The number of hydrogen-bond acceptors (Lipinski definition) is 3. The fourth-order valence-corrected chi connectivity index (χ4v) is 1.77. The molecule has 0 N–H and O–H groups in total. The molecule has 0 bridgehead atoms. The maximum Gasteiger partial charge on any atom is 0.179 e. The summed E-state index contributed by atoms with van der Waals surface area (Å²) in [6.45, 7) is 1.22. The van der Waals surface area contributed by atoms with Gasteiger partial charge in [-0.15, -0.1) is 0 Å². The third kappa shape index (κ3) is 2.36. The summed E-state index contributed by atoms with van der Waals surface area (Å²) in [5.74, 6) is 1.22. The zero-order valence-corrected chi connectivity index (χ0v) is 9.37. The minimum Gasteiger partial charge on any atom is -0.489 e. The summed E-state index contributed by atoms with van der Waals surface area (Å²) < 4.78 is 11.0. The molecule has 0 fully saturated rings. The molecule has 0 saturated carbocycles. The van der Waals surface area contributed by atoms with E-state index in [1.807, 2.05) is 6.07 Å². The van der Waals surface area contributed by atoms with Crippen LogP contribution >= 0.6 is 11.6 Å². The molecule has 0 amide bonds. The van der Waals surface area contributed by atoms with Crippen molar-refractivity contribution in [3.8, 4) is 11.5 Å². The first-order valence-corrected chi connectivity index (χ1v) is 5.40. The first kappa shape index (κ1) is 11.0. The van der Waals surface area contributed by atoms with Crippen molar-refractivity contribution in [3.63, 3.8) is 0 Å². The van der Waals surface area contributed by atoms with Crippen molar-refractivity contribution in [1.29, 1.82) is 0 Å². The van der Waals surface area contributed by atoms with E-state index >= 15 is 0 Å². The van der Waals surface area contributed by atoms with Gasteiger partial charge in [-0.05, 0) is 23.8 Å². The van der Waals surface area contributed by atoms with E-state index in [0.29, 0.717) is 29.7 Å². The molecule has 1 heterocycles. The Labute approximate surface area is 98.6 Å². The van der Waals surface area contributed by atoms with Gasteiger partial charge in [-0.25, -0.2) is 0 Å². The van der Waals surface area contributed by atoms with Gasteiger partial charge in [0.2, 0.25) is 0 Å². The highest BCUT2D eigenvalue weighted by Gasteiger charge is 2.14. The molecule has 1 aromatic rings. The lowest BCUT2D eigenvalue weighted by Gasteiger charge is -2.09. The third-order valence-corrected chi connectivity index (χ3v) is 2.47. The van der Waals surface area contributed by atoms with Gasteiger partial charge in [0.05, 0.1) is 18.2 Å². The van der Waals surface area contributed by atoms with Crippen LogP contribution in [0.15, 0.2) is 18.2 Å². The Hall–Kier alpha value is -1.48. The van der Waals surface area contributed by atoms with Gasteiger partial charge in [0.1, 0.15) is 6.29 Å². The molecule has 16 heavy (non-hydrogen) atoms. The molecule has 0 spiro atoms. The van der Waals surface area contributed by atoms with Gasteiger partial charge in [0.25, 0.3) is 0 Å². The van der Waals surface area contributed by atoms with Crippen LogP contribution in [0.3, 0.4) is 0 Å². The quantitative estimate of drug-likeness (QED) is 0.587. The predicted octanol–water partition coefficient (Wildman–Crippen LogP) is 2.71. The van der Waals surface area contributed by atoms with Crippen molar-refractivity contribution >= 4 is 24.0 Å². The Morgan fingerprint density at radius 2 is 2.06 bits per heavy atom. The van der Waals surface area contributed by atoms with Crippen molar-refractivity contribution in [3.05, 3.63) is 28.8 Å². The zero-order chi connectivity index (χ0) is 11.4. The second kappa shape index (κ2) is 5.03. The van der Waals surface area contributed by atoms with Gasteiger partial charge >= 0.3 is 0 Å². The summed E-state index contributed by atoms with van der Waals surface area (Å²) in [5, 5.41) is 0.505. The van der Waals surface area contributed by atoms with Crippen molar-refractivity contribution in [2.24, 2.45) is 0 Å². The summed E-state index contributed by atoms with van der Waals surface area (Å²) in [7, 11) is 0. The molecule has 1 aliphatic heterocycles. The van der Waals surface area contributed by atoms with Crippen molar-refractivity contribution in [2.75, 3.05) is 13.2 Å². The number of benzene rings is 1. The summed E-state index contributed by atoms with van der Waals surface area (Å²) >= 11 is 6.07. The third-order valence-electron chi connectivity index (χ3n) is 2.19. The van der Waals surface area contributed by atoms with Crippen LogP contribution in [0.25, 0.3) is 6.08 Å².